The smallest absolute Gasteiger partial charge is 0.213 e. The topological polar surface area (TPSA) is 67.7 Å². The maximum atomic E-state index is 4.43. The van der Waals surface area contributed by atoms with Crippen LogP contribution in [0.4, 0.5) is 17.5 Å². The van der Waals surface area contributed by atoms with Crippen LogP contribution in [0.5, 0.6) is 0 Å². The van der Waals surface area contributed by atoms with Gasteiger partial charge in [-0.25, -0.2) is 15.0 Å². The molecule has 0 aliphatic heterocycles. The predicted octanol–water partition coefficient (Wildman–Crippen LogP) is 3.60. The van der Waals surface area contributed by atoms with Gasteiger partial charge in [0.1, 0.15) is 18.0 Å². The monoisotopic (exact) mass is 320 g/mol. The lowest BCUT2D eigenvalue weighted by Gasteiger charge is -2.12. The first-order valence-electron chi connectivity index (χ1n) is 8.15. The van der Waals surface area contributed by atoms with Crippen molar-refractivity contribution < 1.29 is 0 Å². The highest BCUT2D eigenvalue weighted by molar-refractivity contribution is 5.61. The van der Waals surface area contributed by atoms with Gasteiger partial charge in [0.05, 0.1) is 0 Å². The highest BCUT2D eigenvalue weighted by atomic mass is 15.2. The molecule has 0 saturated heterocycles. The maximum absolute atomic E-state index is 4.43. The summed E-state index contributed by atoms with van der Waals surface area (Å²) in [4.78, 5) is 13.1. The molecule has 2 aromatic heterocycles. The highest BCUT2D eigenvalue weighted by Gasteiger charge is 2.21. The second-order valence-electron chi connectivity index (χ2n) is 6.24. The minimum atomic E-state index is 0.558. The zero-order valence-corrected chi connectivity index (χ0v) is 13.8. The van der Waals surface area contributed by atoms with Gasteiger partial charge in [-0.15, -0.1) is 0 Å². The Hall–Kier alpha value is -2.89. The fraction of sp³-hybridized carbons (Fsp3) is 0.278. The van der Waals surface area contributed by atoms with Gasteiger partial charge in [0.15, 0.2) is 0 Å². The molecule has 0 amide bonds. The van der Waals surface area contributed by atoms with Crippen LogP contribution < -0.4 is 10.6 Å². The van der Waals surface area contributed by atoms with Crippen LogP contribution in [0, 0.1) is 13.8 Å². The van der Waals surface area contributed by atoms with E-state index in [0.29, 0.717) is 6.04 Å². The molecule has 3 aromatic rings. The maximum Gasteiger partial charge on any atom is 0.213 e. The normalized spacial score (nSPS) is 13.8. The lowest BCUT2D eigenvalue weighted by Crippen LogP contribution is -2.07. The lowest BCUT2D eigenvalue weighted by molar-refractivity contribution is 0.970. The number of aryl methyl sites for hydroxylation is 2. The second kappa shape index (κ2) is 5.96. The van der Waals surface area contributed by atoms with Crippen molar-refractivity contribution in [3.8, 4) is 5.82 Å². The summed E-state index contributed by atoms with van der Waals surface area (Å²) in [6, 6.07) is 8.84. The standard InChI is InChI=1S/C18H20N6/c1-12-3-4-13(2)15(9-12)23-18-19-7-8-24(18)17-10-16(20-11-21-17)22-14-5-6-14/h3-4,7-11,14H,5-6H2,1-2H3,(H,19,23)(H,20,21,22). The van der Waals surface area contributed by atoms with E-state index in [1.807, 2.05) is 16.8 Å². The first-order chi connectivity index (χ1) is 11.7. The second-order valence-corrected chi connectivity index (χ2v) is 6.24. The summed E-state index contributed by atoms with van der Waals surface area (Å²) < 4.78 is 1.93. The molecule has 0 spiro atoms. The Morgan fingerprint density at radius 1 is 1.08 bits per heavy atom. The minimum absolute atomic E-state index is 0.558. The van der Waals surface area contributed by atoms with Crippen molar-refractivity contribution in [3.63, 3.8) is 0 Å². The van der Waals surface area contributed by atoms with Gasteiger partial charge in [-0.05, 0) is 43.9 Å². The number of nitrogens with zero attached hydrogens (tertiary/aromatic N) is 4. The number of hydrogen-bond donors (Lipinski definition) is 2. The summed E-state index contributed by atoms with van der Waals surface area (Å²) in [5.41, 5.74) is 3.43. The molecule has 1 fully saturated rings. The summed E-state index contributed by atoms with van der Waals surface area (Å²) in [6.45, 7) is 4.16. The molecule has 1 aliphatic carbocycles. The average Bonchev–Trinajstić information content (AvgIpc) is 3.26. The van der Waals surface area contributed by atoms with E-state index in [4.69, 9.17) is 0 Å². The Kier molecular flexibility index (Phi) is 3.65. The third-order valence-corrected chi connectivity index (χ3v) is 4.11. The largest absolute Gasteiger partial charge is 0.367 e. The van der Waals surface area contributed by atoms with E-state index in [1.54, 1.807) is 12.5 Å². The first-order valence-corrected chi connectivity index (χ1v) is 8.15. The van der Waals surface area contributed by atoms with Gasteiger partial charge >= 0.3 is 0 Å². The van der Waals surface area contributed by atoms with Crippen LogP contribution in [-0.4, -0.2) is 25.6 Å². The molecule has 0 atom stereocenters. The molecule has 0 radical (unpaired) electrons. The fourth-order valence-corrected chi connectivity index (χ4v) is 2.57. The summed E-state index contributed by atoms with van der Waals surface area (Å²) >= 11 is 0. The minimum Gasteiger partial charge on any atom is -0.367 e. The fourth-order valence-electron chi connectivity index (χ4n) is 2.57. The van der Waals surface area contributed by atoms with Crippen molar-refractivity contribution in [3.05, 3.63) is 54.1 Å². The molecule has 1 saturated carbocycles. The molecular weight excluding hydrogens is 300 g/mol. The van der Waals surface area contributed by atoms with Crippen LogP contribution in [0.25, 0.3) is 5.82 Å². The van der Waals surface area contributed by atoms with E-state index in [-0.39, 0.29) is 0 Å². The number of anilines is 3. The van der Waals surface area contributed by atoms with Gasteiger partial charge in [-0.2, -0.15) is 0 Å². The number of rotatable bonds is 5. The van der Waals surface area contributed by atoms with E-state index in [0.717, 1.165) is 23.3 Å². The molecule has 0 unspecified atom stereocenters. The van der Waals surface area contributed by atoms with Crippen molar-refractivity contribution in [2.75, 3.05) is 10.6 Å². The van der Waals surface area contributed by atoms with Crippen molar-refractivity contribution >= 4 is 17.5 Å². The molecular formula is C18H20N6. The van der Waals surface area contributed by atoms with Crippen LogP contribution in [0.2, 0.25) is 0 Å². The third-order valence-electron chi connectivity index (χ3n) is 4.11. The highest BCUT2D eigenvalue weighted by Crippen LogP contribution is 2.25. The summed E-state index contributed by atoms with van der Waals surface area (Å²) in [6.07, 6.45) is 7.68. The van der Waals surface area contributed by atoms with Gasteiger partial charge in [-0.1, -0.05) is 12.1 Å². The SMILES string of the molecule is Cc1ccc(C)c(Nc2nccn2-c2cc(NC3CC3)ncn2)c1. The molecule has 122 valence electrons. The third kappa shape index (κ3) is 3.08. The van der Waals surface area contributed by atoms with Crippen molar-refractivity contribution in [2.45, 2.75) is 32.7 Å². The number of hydrogen-bond acceptors (Lipinski definition) is 5. The molecule has 0 bridgehead atoms. The van der Waals surface area contributed by atoms with Crippen molar-refractivity contribution in [1.82, 2.24) is 19.5 Å². The molecule has 24 heavy (non-hydrogen) atoms. The number of imidazole rings is 1. The Labute approximate surface area is 141 Å². The van der Waals surface area contributed by atoms with Gasteiger partial charge in [0, 0.05) is 30.2 Å². The first kappa shape index (κ1) is 14.7. The van der Waals surface area contributed by atoms with Crippen molar-refractivity contribution in [1.29, 1.82) is 0 Å². The van der Waals surface area contributed by atoms with Gasteiger partial charge < -0.3 is 10.6 Å². The number of benzene rings is 1. The predicted molar refractivity (Wildman–Crippen MR) is 95.0 cm³/mol. The number of aromatic nitrogens is 4. The molecule has 1 aromatic carbocycles. The summed E-state index contributed by atoms with van der Waals surface area (Å²) in [5, 5.41) is 6.80. The van der Waals surface area contributed by atoms with Crippen LogP contribution in [-0.2, 0) is 0 Å². The van der Waals surface area contributed by atoms with Crippen molar-refractivity contribution in [2.24, 2.45) is 0 Å². The van der Waals surface area contributed by atoms with Crippen LogP contribution >= 0.6 is 0 Å². The van der Waals surface area contributed by atoms with E-state index in [9.17, 15) is 0 Å². The van der Waals surface area contributed by atoms with Gasteiger partial charge in [0.25, 0.3) is 0 Å². The lowest BCUT2D eigenvalue weighted by atomic mass is 10.1. The summed E-state index contributed by atoms with van der Waals surface area (Å²) in [7, 11) is 0. The van der Waals surface area contributed by atoms with E-state index >= 15 is 0 Å². The van der Waals surface area contributed by atoms with E-state index < -0.39 is 0 Å². The zero-order valence-electron chi connectivity index (χ0n) is 13.8. The van der Waals surface area contributed by atoms with Crippen LogP contribution in [0.1, 0.15) is 24.0 Å². The van der Waals surface area contributed by atoms with E-state index in [2.05, 4.69) is 57.6 Å². The molecule has 1 aliphatic rings. The number of nitrogens with one attached hydrogen (secondary N) is 2. The van der Waals surface area contributed by atoms with Gasteiger partial charge in [0.2, 0.25) is 5.95 Å². The molecule has 2 N–H and O–H groups in total. The zero-order chi connectivity index (χ0) is 16.5. The Bertz CT molecular complexity index is 865. The molecule has 6 heteroatoms. The quantitative estimate of drug-likeness (QED) is 0.752. The van der Waals surface area contributed by atoms with Crippen LogP contribution in [0.3, 0.4) is 0 Å². The Morgan fingerprint density at radius 3 is 2.79 bits per heavy atom. The molecule has 2 heterocycles. The Balaban J connectivity index is 1.63. The van der Waals surface area contributed by atoms with Crippen LogP contribution in [0.15, 0.2) is 43.0 Å². The molecule has 4 rings (SSSR count). The molecule has 6 nitrogen and oxygen atoms in total. The Morgan fingerprint density at radius 2 is 1.96 bits per heavy atom. The van der Waals surface area contributed by atoms with Gasteiger partial charge in [-0.3, -0.25) is 4.57 Å². The average molecular weight is 320 g/mol. The summed E-state index contributed by atoms with van der Waals surface area (Å²) in [5.74, 6) is 2.38. The van der Waals surface area contributed by atoms with E-state index in [1.165, 1.54) is 24.0 Å².